The average Bonchev–Trinajstić information content (AvgIpc) is 3.66. The van der Waals surface area contributed by atoms with Crippen molar-refractivity contribution in [3.8, 4) is 0 Å². The second kappa shape index (κ2) is 26.6. The molecule has 14 heteroatoms. The summed E-state index contributed by atoms with van der Waals surface area (Å²) in [6, 6.07) is 0. The minimum atomic E-state index is -0.0312. The van der Waals surface area contributed by atoms with E-state index in [9.17, 15) is 0 Å². The highest BCUT2D eigenvalue weighted by atomic mass is 16.7. The molecule has 0 bridgehead atoms. The van der Waals surface area contributed by atoms with Gasteiger partial charge in [0.15, 0.2) is 6.29 Å². The zero-order chi connectivity index (χ0) is 30.7. The number of rotatable bonds is 0. The zero-order valence-corrected chi connectivity index (χ0v) is 26.5. The van der Waals surface area contributed by atoms with Gasteiger partial charge in [-0.25, -0.2) is 0 Å². The molecule has 7 heterocycles. The SMILES string of the molecule is C1COCO1.C1COCOC1.C1OCC2(CO1)COCOC2.CC1CCOCO1.CC1COCOC1.CC1OCCCO1. The van der Waals surface area contributed by atoms with Crippen molar-refractivity contribution in [3.63, 3.8) is 0 Å². The summed E-state index contributed by atoms with van der Waals surface area (Å²) >= 11 is 0. The largest absolute Gasteiger partial charge is 0.355 e. The van der Waals surface area contributed by atoms with Crippen molar-refractivity contribution >= 4 is 0 Å². The Hall–Kier alpha value is -0.560. The number of ether oxygens (including phenoxy) is 14. The van der Waals surface area contributed by atoms with E-state index in [1.165, 1.54) is 0 Å². The fraction of sp³-hybridized carbons (Fsp3) is 1.00. The predicted molar refractivity (Wildman–Crippen MR) is 152 cm³/mol. The van der Waals surface area contributed by atoms with E-state index in [1.54, 1.807) is 0 Å². The van der Waals surface area contributed by atoms with Crippen LogP contribution in [0.5, 0.6) is 0 Å². The summed E-state index contributed by atoms with van der Waals surface area (Å²) in [6.07, 6.45) is 3.59. The van der Waals surface area contributed by atoms with Crippen molar-refractivity contribution < 1.29 is 66.3 Å². The van der Waals surface area contributed by atoms with Gasteiger partial charge in [0.25, 0.3) is 0 Å². The van der Waals surface area contributed by atoms with E-state index in [2.05, 4.69) is 13.8 Å². The lowest BCUT2D eigenvalue weighted by Gasteiger charge is -2.38. The Labute approximate surface area is 257 Å². The molecular formula is C29H56O14. The van der Waals surface area contributed by atoms with Crippen molar-refractivity contribution in [2.75, 3.05) is 127 Å². The fourth-order valence-corrected chi connectivity index (χ4v) is 3.90. The first-order valence-corrected chi connectivity index (χ1v) is 15.3. The molecule has 0 amide bonds. The van der Waals surface area contributed by atoms with E-state index in [0.29, 0.717) is 79.2 Å². The highest BCUT2D eigenvalue weighted by Crippen LogP contribution is 2.25. The molecule has 0 aliphatic carbocycles. The van der Waals surface area contributed by atoms with Crippen LogP contribution in [0.4, 0.5) is 0 Å². The normalized spacial score (nSPS) is 27.6. The number of hydrogen-bond acceptors (Lipinski definition) is 14. The molecule has 14 nitrogen and oxygen atoms in total. The van der Waals surface area contributed by atoms with Crippen molar-refractivity contribution in [3.05, 3.63) is 0 Å². The smallest absolute Gasteiger partial charge is 0.154 e. The molecule has 1 atom stereocenters. The first kappa shape index (κ1) is 38.6. The molecule has 7 saturated heterocycles. The molecule has 7 aliphatic rings. The molecule has 0 aromatic heterocycles. The van der Waals surface area contributed by atoms with Crippen LogP contribution in [-0.4, -0.2) is 139 Å². The molecule has 0 aromatic rings. The highest BCUT2D eigenvalue weighted by molar-refractivity contribution is 4.81. The van der Waals surface area contributed by atoms with Crippen LogP contribution < -0.4 is 0 Å². The molecule has 0 aromatic carbocycles. The number of hydrogen-bond donors (Lipinski definition) is 0. The van der Waals surface area contributed by atoms with E-state index in [-0.39, 0.29) is 11.7 Å². The monoisotopic (exact) mass is 628 g/mol. The van der Waals surface area contributed by atoms with Crippen LogP contribution in [0.15, 0.2) is 0 Å². The summed E-state index contributed by atoms with van der Waals surface area (Å²) in [4.78, 5) is 0. The van der Waals surface area contributed by atoms with E-state index in [1.807, 2.05) is 6.92 Å². The maximum Gasteiger partial charge on any atom is 0.154 e. The average molecular weight is 629 g/mol. The quantitative estimate of drug-likeness (QED) is 0.390. The Balaban J connectivity index is 0.000000184. The molecule has 7 fully saturated rings. The topological polar surface area (TPSA) is 129 Å². The van der Waals surface area contributed by atoms with Gasteiger partial charge in [0, 0.05) is 5.92 Å². The maximum atomic E-state index is 5.18. The van der Waals surface area contributed by atoms with Crippen LogP contribution in [0.3, 0.4) is 0 Å². The first-order chi connectivity index (χ1) is 21.1. The van der Waals surface area contributed by atoms with Gasteiger partial charge in [-0.1, -0.05) is 6.92 Å². The Kier molecular flexibility index (Phi) is 23.9. The lowest BCUT2D eigenvalue weighted by atomic mass is 9.91. The van der Waals surface area contributed by atoms with E-state index >= 15 is 0 Å². The van der Waals surface area contributed by atoms with Gasteiger partial charge in [-0.05, 0) is 33.1 Å². The lowest BCUT2D eigenvalue weighted by molar-refractivity contribution is -0.245. The maximum absolute atomic E-state index is 5.18. The molecule has 0 N–H and O–H groups in total. The molecule has 256 valence electrons. The minimum Gasteiger partial charge on any atom is -0.355 e. The summed E-state index contributed by atoms with van der Waals surface area (Å²) in [5.41, 5.74) is -0.0312. The van der Waals surface area contributed by atoms with Gasteiger partial charge in [-0.3, -0.25) is 0 Å². The molecule has 1 unspecified atom stereocenters. The highest BCUT2D eigenvalue weighted by Gasteiger charge is 2.36. The standard InChI is InChI=1S/C7H12O4.3C5H10O2.C4H8O2.C3H6O2/c1-7(2-9-5-8-1)3-10-6-11-4-7;1-5-2-6-4-7-3-5;1-5-2-3-6-4-7-5;1-5-6-3-2-4-7-5;1-2-5-4-6-3-1;1-2-5-3-4-1/h1-6H2;3*5H,2-4H2,1H3;1-4H2;1-3H2. The lowest BCUT2D eigenvalue weighted by Crippen LogP contribution is -2.47. The van der Waals surface area contributed by atoms with Crippen molar-refractivity contribution in [1.82, 2.24) is 0 Å². The van der Waals surface area contributed by atoms with E-state index < -0.39 is 0 Å². The second-order valence-electron chi connectivity index (χ2n) is 10.8. The van der Waals surface area contributed by atoms with Gasteiger partial charge in [-0.2, -0.15) is 0 Å². The summed E-state index contributed by atoms with van der Waals surface area (Å²) < 4.78 is 69.9. The Morgan fingerprint density at radius 2 is 0.860 bits per heavy atom. The molecular weight excluding hydrogens is 572 g/mol. The van der Waals surface area contributed by atoms with Crippen LogP contribution in [0, 0.1) is 11.3 Å². The third-order valence-electron chi connectivity index (χ3n) is 6.32. The van der Waals surface area contributed by atoms with E-state index in [4.69, 9.17) is 66.3 Å². The molecule has 1 spiro atoms. The predicted octanol–water partition coefficient (Wildman–Crippen LogP) is 2.52. The fourth-order valence-electron chi connectivity index (χ4n) is 3.90. The first-order valence-electron chi connectivity index (χ1n) is 15.3. The second-order valence-corrected chi connectivity index (χ2v) is 10.8. The molecule has 0 saturated carbocycles. The Morgan fingerprint density at radius 3 is 1.14 bits per heavy atom. The summed E-state index contributed by atoms with van der Waals surface area (Å²) in [7, 11) is 0. The Morgan fingerprint density at radius 1 is 0.419 bits per heavy atom. The van der Waals surface area contributed by atoms with Gasteiger partial charge >= 0.3 is 0 Å². The van der Waals surface area contributed by atoms with Crippen LogP contribution in [0.2, 0.25) is 0 Å². The molecule has 7 aliphatic heterocycles. The Bertz CT molecular complexity index is 501. The van der Waals surface area contributed by atoms with Crippen LogP contribution in [0.1, 0.15) is 40.0 Å². The van der Waals surface area contributed by atoms with Gasteiger partial charge in [-0.15, -0.1) is 0 Å². The van der Waals surface area contributed by atoms with Crippen molar-refractivity contribution in [2.24, 2.45) is 11.3 Å². The van der Waals surface area contributed by atoms with Crippen molar-refractivity contribution in [2.45, 2.75) is 52.4 Å². The molecule has 7 rings (SSSR count). The van der Waals surface area contributed by atoms with E-state index in [0.717, 1.165) is 78.7 Å². The van der Waals surface area contributed by atoms with Crippen LogP contribution in [-0.2, 0) is 66.3 Å². The van der Waals surface area contributed by atoms with Gasteiger partial charge < -0.3 is 66.3 Å². The third-order valence-corrected chi connectivity index (χ3v) is 6.32. The molecule has 43 heavy (non-hydrogen) atoms. The van der Waals surface area contributed by atoms with Crippen LogP contribution in [0.25, 0.3) is 0 Å². The zero-order valence-electron chi connectivity index (χ0n) is 26.5. The third kappa shape index (κ3) is 21.7. The summed E-state index contributed by atoms with van der Waals surface area (Å²) in [5.74, 6) is 0.591. The summed E-state index contributed by atoms with van der Waals surface area (Å²) in [6.45, 7) is 19.2. The van der Waals surface area contributed by atoms with Gasteiger partial charge in [0.2, 0.25) is 0 Å². The summed E-state index contributed by atoms with van der Waals surface area (Å²) in [5, 5.41) is 0. The van der Waals surface area contributed by atoms with Gasteiger partial charge in [0.05, 0.1) is 97.4 Å². The van der Waals surface area contributed by atoms with Crippen molar-refractivity contribution in [1.29, 1.82) is 0 Å². The minimum absolute atomic E-state index is 0.0312. The molecule has 0 radical (unpaired) electrons. The van der Waals surface area contributed by atoms with Crippen LogP contribution >= 0.6 is 0 Å². The van der Waals surface area contributed by atoms with Gasteiger partial charge in [0.1, 0.15) is 40.8 Å².